The highest BCUT2D eigenvalue weighted by Gasteiger charge is 2.17. The number of halogens is 2. The molecule has 1 atom stereocenters. The van der Waals surface area contributed by atoms with Crippen molar-refractivity contribution in [3.8, 4) is 0 Å². The second-order valence-corrected chi connectivity index (χ2v) is 4.61. The zero-order valence-corrected chi connectivity index (χ0v) is 11.4. The molecule has 0 aliphatic rings. The number of hydrogen-bond acceptors (Lipinski definition) is 3. The van der Waals surface area contributed by atoms with Gasteiger partial charge in [-0.3, -0.25) is 0 Å². The van der Waals surface area contributed by atoms with Gasteiger partial charge in [0.05, 0.1) is 4.47 Å². The molecule has 3 nitrogen and oxygen atoms in total. The van der Waals surface area contributed by atoms with Crippen LogP contribution in [0.25, 0.3) is 0 Å². The Morgan fingerprint density at radius 1 is 1.29 bits per heavy atom. The number of rotatable bonds is 3. The van der Waals surface area contributed by atoms with E-state index >= 15 is 0 Å². The van der Waals surface area contributed by atoms with E-state index < -0.39 is 0 Å². The quantitative estimate of drug-likeness (QED) is 0.812. The summed E-state index contributed by atoms with van der Waals surface area (Å²) in [5.41, 5.74) is 0.994. The van der Waals surface area contributed by atoms with E-state index in [1.165, 1.54) is 0 Å². The highest BCUT2D eigenvalue weighted by Crippen LogP contribution is 2.25. The Bertz CT molecular complexity index is 507. The first-order chi connectivity index (χ1) is 8.22. The normalized spacial score (nSPS) is 12.4. The van der Waals surface area contributed by atoms with Crippen LogP contribution in [0, 0.1) is 0 Å². The minimum Gasteiger partial charge on any atom is -0.369 e. The van der Waals surface area contributed by atoms with Crippen molar-refractivity contribution in [3.05, 3.63) is 57.5 Å². The summed E-state index contributed by atoms with van der Waals surface area (Å²) in [6.07, 6.45) is 1.32. The Labute approximate surface area is 113 Å². The van der Waals surface area contributed by atoms with Crippen LogP contribution in [0.15, 0.2) is 41.0 Å². The Kier molecular flexibility index (Phi) is 4.10. The van der Waals surface area contributed by atoms with E-state index in [4.69, 9.17) is 16.3 Å². The third-order valence-electron chi connectivity index (χ3n) is 2.29. The lowest BCUT2D eigenvalue weighted by molar-refractivity contribution is 0.129. The van der Waals surface area contributed by atoms with Gasteiger partial charge in [0, 0.05) is 13.3 Å². The van der Waals surface area contributed by atoms with Gasteiger partial charge in [0.2, 0.25) is 0 Å². The first-order valence-electron chi connectivity index (χ1n) is 4.98. The van der Waals surface area contributed by atoms with Crippen molar-refractivity contribution in [2.24, 2.45) is 0 Å². The largest absolute Gasteiger partial charge is 0.369 e. The van der Waals surface area contributed by atoms with Gasteiger partial charge < -0.3 is 4.74 Å². The van der Waals surface area contributed by atoms with E-state index in [0.29, 0.717) is 15.5 Å². The summed E-state index contributed by atoms with van der Waals surface area (Å²) < 4.78 is 6.09. The molecule has 0 amide bonds. The highest BCUT2D eigenvalue weighted by molar-refractivity contribution is 9.10. The van der Waals surface area contributed by atoms with Gasteiger partial charge in [0.25, 0.3) is 0 Å². The van der Waals surface area contributed by atoms with Gasteiger partial charge in [-0.1, -0.05) is 41.9 Å². The summed E-state index contributed by atoms with van der Waals surface area (Å²) in [6, 6.07) is 9.77. The molecule has 2 aromatic rings. The average Bonchev–Trinajstić information content (AvgIpc) is 2.36. The van der Waals surface area contributed by atoms with Gasteiger partial charge in [-0.25, -0.2) is 9.97 Å². The maximum Gasteiger partial charge on any atom is 0.163 e. The average molecular weight is 314 g/mol. The molecule has 0 fully saturated rings. The molecule has 0 saturated carbocycles. The maximum absolute atomic E-state index is 5.95. The molecule has 0 N–H and O–H groups in total. The molecule has 0 aliphatic carbocycles. The van der Waals surface area contributed by atoms with Crippen LogP contribution in [0.4, 0.5) is 0 Å². The number of aromatic nitrogens is 2. The van der Waals surface area contributed by atoms with E-state index in [-0.39, 0.29) is 6.10 Å². The molecular weight excluding hydrogens is 304 g/mol. The minimum atomic E-state index is -0.304. The van der Waals surface area contributed by atoms with Crippen LogP contribution >= 0.6 is 27.5 Å². The molecule has 0 spiro atoms. The predicted molar refractivity (Wildman–Crippen MR) is 70.0 cm³/mol. The zero-order chi connectivity index (χ0) is 12.3. The molecule has 5 heteroatoms. The monoisotopic (exact) mass is 312 g/mol. The standard InChI is InChI=1S/C12H10BrClN2O/c1-17-10(8-5-3-2-4-6-8)12-15-7-9(13)11(14)16-12/h2-7,10H,1H3. The van der Waals surface area contributed by atoms with Crippen LogP contribution in [0.5, 0.6) is 0 Å². The molecule has 2 rings (SSSR count). The van der Waals surface area contributed by atoms with Gasteiger partial charge in [-0.15, -0.1) is 0 Å². The van der Waals surface area contributed by atoms with Crippen molar-refractivity contribution >= 4 is 27.5 Å². The Morgan fingerprint density at radius 3 is 2.59 bits per heavy atom. The number of nitrogens with zero attached hydrogens (tertiary/aromatic N) is 2. The van der Waals surface area contributed by atoms with Crippen LogP contribution < -0.4 is 0 Å². The second kappa shape index (κ2) is 5.58. The summed E-state index contributed by atoms with van der Waals surface area (Å²) in [5, 5.41) is 0.382. The number of methoxy groups -OCH3 is 1. The fraction of sp³-hybridized carbons (Fsp3) is 0.167. The number of hydrogen-bond donors (Lipinski definition) is 0. The molecule has 1 aromatic carbocycles. The SMILES string of the molecule is COC(c1ccccc1)c1ncc(Br)c(Cl)n1. The van der Waals surface area contributed by atoms with Gasteiger partial charge in [0.1, 0.15) is 11.3 Å². The molecule has 0 aliphatic heterocycles. The van der Waals surface area contributed by atoms with Gasteiger partial charge >= 0.3 is 0 Å². The molecule has 0 bridgehead atoms. The minimum absolute atomic E-state index is 0.304. The molecule has 0 saturated heterocycles. The van der Waals surface area contributed by atoms with Crippen LogP contribution in [0.1, 0.15) is 17.5 Å². The Morgan fingerprint density at radius 2 is 2.00 bits per heavy atom. The first kappa shape index (κ1) is 12.5. The van der Waals surface area contributed by atoms with E-state index in [1.54, 1.807) is 13.3 Å². The summed E-state index contributed by atoms with van der Waals surface area (Å²) in [4.78, 5) is 8.42. The Hall–Kier alpha value is -0.970. The van der Waals surface area contributed by atoms with E-state index in [1.807, 2.05) is 30.3 Å². The van der Waals surface area contributed by atoms with Gasteiger partial charge in [0.15, 0.2) is 5.82 Å². The molecule has 88 valence electrons. The number of ether oxygens (including phenoxy) is 1. The molecular formula is C12H10BrClN2O. The lowest BCUT2D eigenvalue weighted by Gasteiger charge is -2.14. The topological polar surface area (TPSA) is 35.0 Å². The van der Waals surface area contributed by atoms with E-state index in [0.717, 1.165) is 5.56 Å². The molecule has 17 heavy (non-hydrogen) atoms. The van der Waals surface area contributed by atoms with Crippen molar-refractivity contribution in [2.45, 2.75) is 6.10 Å². The summed E-state index contributed by atoms with van der Waals surface area (Å²) in [6.45, 7) is 0. The van der Waals surface area contributed by atoms with Crippen molar-refractivity contribution in [3.63, 3.8) is 0 Å². The zero-order valence-electron chi connectivity index (χ0n) is 9.10. The predicted octanol–water partition coefficient (Wildman–Crippen LogP) is 3.63. The lowest BCUT2D eigenvalue weighted by Crippen LogP contribution is -2.08. The van der Waals surface area contributed by atoms with E-state index in [9.17, 15) is 0 Å². The van der Waals surface area contributed by atoms with E-state index in [2.05, 4.69) is 25.9 Å². The van der Waals surface area contributed by atoms with Crippen molar-refractivity contribution in [1.82, 2.24) is 9.97 Å². The Balaban J connectivity index is 2.39. The second-order valence-electron chi connectivity index (χ2n) is 3.39. The lowest BCUT2D eigenvalue weighted by atomic mass is 10.1. The highest BCUT2D eigenvalue weighted by atomic mass is 79.9. The van der Waals surface area contributed by atoms with Crippen LogP contribution in [-0.4, -0.2) is 17.1 Å². The van der Waals surface area contributed by atoms with Crippen molar-refractivity contribution in [2.75, 3.05) is 7.11 Å². The van der Waals surface area contributed by atoms with Crippen LogP contribution in [-0.2, 0) is 4.74 Å². The number of benzene rings is 1. The van der Waals surface area contributed by atoms with Crippen molar-refractivity contribution in [1.29, 1.82) is 0 Å². The molecule has 1 aromatic heterocycles. The summed E-state index contributed by atoms with van der Waals surface area (Å²) in [7, 11) is 1.62. The van der Waals surface area contributed by atoms with Crippen LogP contribution in [0.3, 0.4) is 0 Å². The third-order valence-corrected chi connectivity index (χ3v) is 3.39. The molecule has 1 unspecified atom stereocenters. The smallest absolute Gasteiger partial charge is 0.163 e. The molecule has 1 heterocycles. The third kappa shape index (κ3) is 2.83. The van der Waals surface area contributed by atoms with Crippen LogP contribution in [0.2, 0.25) is 5.15 Å². The van der Waals surface area contributed by atoms with Gasteiger partial charge in [-0.05, 0) is 21.5 Å². The summed E-state index contributed by atoms with van der Waals surface area (Å²) >= 11 is 9.21. The fourth-order valence-electron chi connectivity index (χ4n) is 1.50. The maximum atomic E-state index is 5.95. The molecule has 0 radical (unpaired) electrons. The van der Waals surface area contributed by atoms with Crippen molar-refractivity contribution < 1.29 is 4.74 Å². The van der Waals surface area contributed by atoms with Gasteiger partial charge in [-0.2, -0.15) is 0 Å². The fourth-order valence-corrected chi connectivity index (χ4v) is 1.83. The first-order valence-corrected chi connectivity index (χ1v) is 6.15. The summed E-state index contributed by atoms with van der Waals surface area (Å²) in [5.74, 6) is 0.548.